The minimum Gasteiger partial charge on any atom is -0.497 e. The third-order valence-corrected chi connectivity index (χ3v) is 6.04. The Hall–Kier alpha value is -3.61. The van der Waals surface area contributed by atoms with Crippen LogP contribution in [0.3, 0.4) is 0 Å². The number of ether oxygens (including phenoxy) is 1. The van der Waals surface area contributed by atoms with E-state index in [-0.39, 0.29) is 6.04 Å². The Morgan fingerprint density at radius 1 is 1.06 bits per heavy atom. The smallest absolute Gasteiger partial charge is 0.223 e. The van der Waals surface area contributed by atoms with Crippen molar-refractivity contribution in [1.82, 2.24) is 19.6 Å². The van der Waals surface area contributed by atoms with Gasteiger partial charge in [0, 0.05) is 23.8 Å². The monoisotopic (exact) mass is 442 g/mol. The first-order valence-electron chi connectivity index (χ1n) is 11.6. The van der Waals surface area contributed by atoms with Crippen LogP contribution >= 0.6 is 0 Å². The second-order valence-corrected chi connectivity index (χ2v) is 8.85. The van der Waals surface area contributed by atoms with Crippen molar-refractivity contribution in [2.24, 2.45) is 0 Å². The van der Waals surface area contributed by atoms with Gasteiger partial charge in [0.2, 0.25) is 5.95 Å². The van der Waals surface area contributed by atoms with Crippen LogP contribution in [0.4, 0.5) is 11.8 Å². The molecule has 170 valence electrons. The number of nitrogens with zero attached hydrogens (tertiary/aromatic N) is 4. The van der Waals surface area contributed by atoms with E-state index in [9.17, 15) is 0 Å². The number of rotatable bonds is 7. The maximum absolute atomic E-state index is 5.48. The first-order valence-corrected chi connectivity index (χ1v) is 11.6. The number of methoxy groups -OCH3 is 1. The molecule has 5 rings (SSSR count). The predicted octanol–water partition coefficient (Wildman–Crippen LogP) is 5.64. The number of anilines is 2. The summed E-state index contributed by atoms with van der Waals surface area (Å²) in [5.74, 6) is 2.41. The minimum absolute atomic E-state index is 0.282. The Balaban J connectivity index is 1.68. The molecule has 4 aromatic rings. The van der Waals surface area contributed by atoms with Gasteiger partial charge in [0.25, 0.3) is 0 Å². The maximum Gasteiger partial charge on any atom is 0.223 e. The fourth-order valence-electron chi connectivity index (χ4n) is 4.52. The van der Waals surface area contributed by atoms with E-state index in [1.54, 1.807) is 7.11 Å². The summed E-state index contributed by atoms with van der Waals surface area (Å²) in [5.41, 5.74) is 4.65. The largest absolute Gasteiger partial charge is 0.497 e. The summed E-state index contributed by atoms with van der Waals surface area (Å²) >= 11 is 0. The zero-order chi connectivity index (χ0) is 22.8. The van der Waals surface area contributed by atoms with Gasteiger partial charge in [0.05, 0.1) is 23.9 Å². The van der Waals surface area contributed by atoms with E-state index in [0.717, 1.165) is 39.6 Å². The van der Waals surface area contributed by atoms with Crippen LogP contribution in [0.2, 0.25) is 0 Å². The number of hydrogen-bond acceptors (Lipinski definition) is 6. The first-order chi connectivity index (χ1) is 16.1. The normalized spacial score (nSPS) is 14.2. The Kier molecular flexibility index (Phi) is 5.86. The van der Waals surface area contributed by atoms with Crippen LogP contribution in [-0.2, 0) is 0 Å². The topological polar surface area (TPSA) is 76.4 Å². The van der Waals surface area contributed by atoms with Crippen LogP contribution in [0, 0.1) is 0 Å². The molecule has 0 unspecified atom stereocenters. The quantitative estimate of drug-likeness (QED) is 0.386. The highest BCUT2D eigenvalue weighted by Gasteiger charge is 2.21. The summed E-state index contributed by atoms with van der Waals surface area (Å²) in [5, 5.41) is 12.1. The van der Waals surface area contributed by atoms with Crippen molar-refractivity contribution >= 4 is 17.3 Å². The fourth-order valence-corrected chi connectivity index (χ4v) is 4.52. The standard InChI is InChI=1S/C26H30N6O/c1-17(2)28-23-13-7-12-22-24(21-14-15-27-26(30-21)29-19-9-4-5-10-19)25(31-32(22)23)18-8-6-11-20(16-18)33-3/h6-8,11-17,19,28H,4-5,9-10H2,1-3H3,(H,27,29,30). The molecule has 1 aromatic carbocycles. The molecule has 0 bridgehead atoms. The van der Waals surface area contributed by atoms with E-state index in [1.807, 2.05) is 41.0 Å². The van der Waals surface area contributed by atoms with E-state index < -0.39 is 0 Å². The predicted molar refractivity (Wildman–Crippen MR) is 133 cm³/mol. The van der Waals surface area contributed by atoms with Crippen LogP contribution in [0.5, 0.6) is 5.75 Å². The van der Waals surface area contributed by atoms with Crippen molar-refractivity contribution in [3.63, 3.8) is 0 Å². The van der Waals surface area contributed by atoms with Crippen LogP contribution in [0.15, 0.2) is 54.7 Å². The lowest BCUT2D eigenvalue weighted by Gasteiger charge is -2.13. The Morgan fingerprint density at radius 2 is 1.88 bits per heavy atom. The van der Waals surface area contributed by atoms with Crippen molar-refractivity contribution in [1.29, 1.82) is 0 Å². The van der Waals surface area contributed by atoms with Crippen molar-refractivity contribution in [2.45, 2.75) is 51.6 Å². The Labute approximate surface area is 194 Å². The highest BCUT2D eigenvalue weighted by Crippen LogP contribution is 2.37. The Morgan fingerprint density at radius 3 is 2.67 bits per heavy atom. The SMILES string of the molecule is COc1cccc(-c2nn3c(NC(C)C)cccc3c2-c2ccnc(NC3CCCC3)n2)c1. The van der Waals surface area contributed by atoms with Gasteiger partial charge in [0.1, 0.15) is 17.3 Å². The molecular weight excluding hydrogens is 412 g/mol. The lowest BCUT2D eigenvalue weighted by Crippen LogP contribution is -2.16. The van der Waals surface area contributed by atoms with Gasteiger partial charge in [0.15, 0.2) is 0 Å². The van der Waals surface area contributed by atoms with Gasteiger partial charge < -0.3 is 15.4 Å². The van der Waals surface area contributed by atoms with Gasteiger partial charge >= 0.3 is 0 Å². The molecule has 0 amide bonds. The van der Waals surface area contributed by atoms with Crippen LogP contribution in [0.1, 0.15) is 39.5 Å². The molecule has 0 saturated heterocycles. The van der Waals surface area contributed by atoms with E-state index in [2.05, 4.69) is 47.7 Å². The average molecular weight is 443 g/mol. The zero-order valence-corrected chi connectivity index (χ0v) is 19.4. The highest BCUT2D eigenvalue weighted by atomic mass is 16.5. The molecule has 1 saturated carbocycles. The van der Waals surface area contributed by atoms with Crippen LogP contribution in [-0.4, -0.2) is 38.8 Å². The maximum atomic E-state index is 5.48. The summed E-state index contributed by atoms with van der Waals surface area (Å²) in [6.45, 7) is 4.25. The lowest BCUT2D eigenvalue weighted by molar-refractivity contribution is 0.415. The van der Waals surface area contributed by atoms with E-state index in [4.69, 9.17) is 14.8 Å². The molecule has 0 aliphatic heterocycles. The van der Waals surface area contributed by atoms with Crippen LogP contribution < -0.4 is 15.4 Å². The highest BCUT2D eigenvalue weighted by molar-refractivity contribution is 5.92. The van der Waals surface area contributed by atoms with Gasteiger partial charge in [-0.3, -0.25) is 0 Å². The second-order valence-electron chi connectivity index (χ2n) is 8.85. The van der Waals surface area contributed by atoms with Crippen molar-refractivity contribution in [2.75, 3.05) is 17.7 Å². The minimum atomic E-state index is 0.282. The molecule has 0 radical (unpaired) electrons. The summed E-state index contributed by atoms with van der Waals surface area (Å²) < 4.78 is 7.45. The summed E-state index contributed by atoms with van der Waals surface area (Å²) in [7, 11) is 1.68. The molecule has 2 N–H and O–H groups in total. The number of benzene rings is 1. The fraction of sp³-hybridized carbons (Fsp3) is 0.346. The van der Waals surface area contributed by atoms with Gasteiger partial charge in [-0.15, -0.1) is 0 Å². The van der Waals surface area contributed by atoms with Crippen LogP contribution in [0.25, 0.3) is 28.0 Å². The van der Waals surface area contributed by atoms with Crippen molar-refractivity contribution in [3.8, 4) is 28.3 Å². The molecule has 0 spiro atoms. The Bertz CT molecular complexity index is 1260. The van der Waals surface area contributed by atoms with E-state index in [0.29, 0.717) is 12.0 Å². The number of aromatic nitrogens is 4. The van der Waals surface area contributed by atoms with Crippen molar-refractivity contribution in [3.05, 3.63) is 54.7 Å². The molecule has 3 heterocycles. The lowest BCUT2D eigenvalue weighted by atomic mass is 10.0. The number of hydrogen-bond donors (Lipinski definition) is 2. The number of nitrogens with one attached hydrogen (secondary N) is 2. The van der Waals surface area contributed by atoms with Gasteiger partial charge in [-0.05, 0) is 57.0 Å². The third-order valence-electron chi connectivity index (χ3n) is 6.04. The van der Waals surface area contributed by atoms with Gasteiger partial charge in [-0.25, -0.2) is 14.5 Å². The third kappa shape index (κ3) is 4.35. The van der Waals surface area contributed by atoms with E-state index >= 15 is 0 Å². The molecule has 33 heavy (non-hydrogen) atoms. The number of pyridine rings is 1. The summed E-state index contributed by atoms with van der Waals surface area (Å²) in [6.07, 6.45) is 6.69. The number of fused-ring (bicyclic) bond motifs is 1. The van der Waals surface area contributed by atoms with Gasteiger partial charge in [-0.1, -0.05) is 31.0 Å². The molecule has 0 atom stereocenters. The molecule has 7 heteroatoms. The zero-order valence-electron chi connectivity index (χ0n) is 19.4. The summed E-state index contributed by atoms with van der Waals surface area (Å²) in [4.78, 5) is 9.42. The van der Waals surface area contributed by atoms with Crippen molar-refractivity contribution < 1.29 is 4.74 Å². The molecule has 1 aliphatic carbocycles. The molecule has 1 aliphatic rings. The molecular formula is C26H30N6O. The van der Waals surface area contributed by atoms with Gasteiger partial charge in [-0.2, -0.15) is 5.10 Å². The molecule has 3 aromatic heterocycles. The summed E-state index contributed by atoms with van der Waals surface area (Å²) in [6, 6.07) is 16.9. The van der Waals surface area contributed by atoms with E-state index in [1.165, 1.54) is 25.7 Å². The molecule has 7 nitrogen and oxygen atoms in total. The first kappa shape index (κ1) is 21.2. The second kappa shape index (κ2) is 9.10. The molecule has 1 fully saturated rings. The average Bonchev–Trinajstić information content (AvgIpc) is 3.47.